The number of halogens is 3. The van der Waals surface area contributed by atoms with Crippen molar-refractivity contribution in [2.75, 3.05) is 5.75 Å². The number of aliphatic hydroxyl groups excluding tert-OH is 1. The highest BCUT2D eigenvalue weighted by atomic mass is 32.2. The van der Waals surface area contributed by atoms with Gasteiger partial charge in [-0.25, -0.2) is 8.42 Å². The molecule has 1 aromatic carbocycles. The first-order chi connectivity index (χ1) is 9.05. The summed E-state index contributed by atoms with van der Waals surface area (Å²) in [7, 11) is -4.15. The van der Waals surface area contributed by atoms with Crippen molar-refractivity contribution in [3.05, 3.63) is 41.7 Å². The number of alkyl halides is 3. The molecule has 0 atom stereocenters. The van der Waals surface area contributed by atoms with Crippen LogP contribution in [0.2, 0.25) is 0 Å². The summed E-state index contributed by atoms with van der Waals surface area (Å²) in [6, 6.07) is 6.71. The van der Waals surface area contributed by atoms with Crippen molar-refractivity contribution in [3.63, 3.8) is 0 Å². The van der Waals surface area contributed by atoms with Gasteiger partial charge in [0.25, 0.3) is 0 Å². The third-order valence-electron chi connectivity index (χ3n) is 2.42. The average Bonchev–Trinajstić information content (AvgIpc) is 2.35. The molecule has 0 bridgehead atoms. The Morgan fingerprint density at radius 1 is 1.20 bits per heavy atom. The molecule has 0 aliphatic carbocycles. The fourth-order valence-electron chi connectivity index (χ4n) is 1.41. The third-order valence-corrected chi connectivity index (χ3v) is 4.08. The number of carbonyl (C=O) groups is 1. The van der Waals surface area contributed by atoms with Crippen molar-refractivity contribution in [2.24, 2.45) is 0 Å². The molecular weight excluding hydrogens is 297 g/mol. The lowest BCUT2D eigenvalue weighted by molar-refractivity contribution is -0.126. The molecule has 0 aliphatic rings. The summed E-state index contributed by atoms with van der Waals surface area (Å²) in [5, 5.41) is 9.00. The Morgan fingerprint density at radius 2 is 1.70 bits per heavy atom. The minimum Gasteiger partial charge on any atom is -0.504 e. The van der Waals surface area contributed by atoms with Gasteiger partial charge in [-0.3, -0.25) is 4.79 Å². The molecule has 0 aromatic heterocycles. The van der Waals surface area contributed by atoms with E-state index in [0.29, 0.717) is 0 Å². The van der Waals surface area contributed by atoms with Crippen LogP contribution < -0.4 is 0 Å². The Morgan fingerprint density at radius 3 is 2.10 bits per heavy atom. The molecule has 1 rings (SSSR count). The Balaban J connectivity index is 3.27. The standard InChI is InChI=1S/C12H11F3O4S/c1-8(16)10(11(17)12(13,14)15)7-20(18,19)9-5-3-2-4-6-9/h2-6,17H,7H2,1H3. The summed E-state index contributed by atoms with van der Waals surface area (Å²) >= 11 is 0. The van der Waals surface area contributed by atoms with Gasteiger partial charge >= 0.3 is 6.18 Å². The van der Waals surface area contributed by atoms with Crippen molar-refractivity contribution in [2.45, 2.75) is 18.0 Å². The van der Waals surface area contributed by atoms with Gasteiger partial charge < -0.3 is 5.11 Å². The monoisotopic (exact) mass is 308 g/mol. The second kappa shape index (κ2) is 5.66. The van der Waals surface area contributed by atoms with Crippen LogP contribution in [0.15, 0.2) is 46.6 Å². The first-order valence-electron chi connectivity index (χ1n) is 5.34. The normalized spacial score (nSPS) is 13.8. The highest BCUT2D eigenvalue weighted by molar-refractivity contribution is 7.91. The molecular formula is C12H11F3O4S. The van der Waals surface area contributed by atoms with Crippen LogP contribution in [0.5, 0.6) is 0 Å². The number of hydrogen-bond acceptors (Lipinski definition) is 4. The van der Waals surface area contributed by atoms with Gasteiger partial charge in [0.1, 0.15) is 0 Å². The second-order valence-electron chi connectivity index (χ2n) is 3.95. The van der Waals surface area contributed by atoms with Crippen LogP contribution in [-0.2, 0) is 14.6 Å². The maximum absolute atomic E-state index is 12.4. The van der Waals surface area contributed by atoms with Crippen molar-refractivity contribution in [3.8, 4) is 0 Å². The van der Waals surface area contributed by atoms with Gasteiger partial charge in [-0.1, -0.05) is 18.2 Å². The summed E-state index contributed by atoms with van der Waals surface area (Å²) in [5.74, 6) is -4.54. The van der Waals surface area contributed by atoms with E-state index in [1.807, 2.05) is 0 Å². The average molecular weight is 308 g/mol. The van der Waals surface area contributed by atoms with E-state index in [1.165, 1.54) is 30.3 Å². The van der Waals surface area contributed by atoms with Gasteiger partial charge in [0.15, 0.2) is 15.6 Å². The van der Waals surface area contributed by atoms with Gasteiger partial charge in [0.05, 0.1) is 16.2 Å². The molecule has 4 nitrogen and oxygen atoms in total. The molecule has 0 saturated carbocycles. The number of ketones is 1. The van der Waals surface area contributed by atoms with Crippen molar-refractivity contribution >= 4 is 15.6 Å². The first-order valence-corrected chi connectivity index (χ1v) is 6.99. The number of aliphatic hydroxyl groups is 1. The van der Waals surface area contributed by atoms with E-state index < -0.39 is 38.9 Å². The summed E-state index contributed by atoms with van der Waals surface area (Å²) in [5.41, 5.74) is -1.18. The number of allylic oxidation sites excluding steroid dienone is 1. The minimum absolute atomic E-state index is 0.228. The highest BCUT2D eigenvalue weighted by Gasteiger charge is 2.39. The molecule has 20 heavy (non-hydrogen) atoms. The largest absolute Gasteiger partial charge is 0.504 e. The second-order valence-corrected chi connectivity index (χ2v) is 5.94. The van der Waals surface area contributed by atoms with Crippen molar-refractivity contribution in [1.29, 1.82) is 0 Å². The first kappa shape index (κ1) is 16.2. The molecule has 1 aromatic rings. The number of Topliss-reactive ketones (excluding diaryl/α,β-unsaturated/α-hetero) is 1. The Hall–Kier alpha value is -1.83. The van der Waals surface area contributed by atoms with Gasteiger partial charge in [-0.15, -0.1) is 0 Å². The van der Waals surface area contributed by atoms with Gasteiger partial charge in [-0.05, 0) is 19.1 Å². The maximum atomic E-state index is 12.4. The molecule has 0 spiro atoms. The third kappa shape index (κ3) is 3.83. The molecule has 0 unspecified atom stereocenters. The minimum atomic E-state index is -5.17. The van der Waals surface area contributed by atoms with E-state index in [4.69, 9.17) is 5.11 Å². The molecule has 0 heterocycles. The highest BCUT2D eigenvalue weighted by Crippen LogP contribution is 2.28. The topological polar surface area (TPSA) is 71.4 Å². The number of carbonyl (C=O) groups excluding carboxylic acids is 1. The lowest BCUT2D eigenvalue weighted by Crippen LogP contribution is -2.22. The smallest absolute Gasteiger partial charge is 0.449 e. The maximum Gasteiger partial charge on any atom is 0.449 e. The van der Waals surface area contributed by atoms with Crippen LogP contribution in [-0.4, -0.2) is 31.2 Å². The van der Waals surface area contributed by atoms with Gasteiger partial charge in [-0.2, -0.15) is 13.2 Å². The fraction of sp³-hybridized carbons (Fsp3) is 0.250. The van der Waals surface area contributed by atoms with Crippen LogP contribution >= 0.6 is 0 Å². The number of benzene rings is 1. The number of rotatable bonds is 4. The van der Waals surface area contributed by atoms with Crippen molar-refractivity contribution < 1.29 is 31.5 Å². The van der Waals surface area contributed by atoms with E-state index in [-0.39, 0.29) is 4.90 Å². The molecule has 0 radical (unpaired) electrons. The zero-order valence-electron chi connectivity index (χ0n) is 10.3. The molecule has 0 amide bonds. The molecule has 0 fully saturated rings. The predicted molar refractivity (Wildman–Crippen MR) is 64.9 cm³/mol. The van der Waals surface area contributed by atoms with Crippen LogP contribution in [0.3, 0.4) is 0 Å². The van der Waals surface area contributed by atoms with Crippen LogP contribution in [0.1, 0.15) is 6.92 Å². The number of sulfone groups is 1. The van der Waals surface area contributed by atoms with Crippen LogP contribution in [0.25, 0.3) is 0 Å². The van der Waals surface area contributed by atoms with Gasteiger partial charge in [0, 0.05) is 0 Å². The lowest BCUT2D eigenvalue weighted by Gasteiger charge is -2.11. The zero-order valence-corrected chi connectivity index (χ0v) is 11.1. The van der Waals surface area contributed by atoms with E-state index in [1.54, 1.807) is 0 Å². The Labute approximate surface area is 113 Å². The van der Waals surface area contributed by atoms with E-state index in [2.05, 4.69) is 0 Å². The van der Waals surface area contributed by atoms with E-state index in [0.717, 1.165) is 6.92 Å². The Kier molecular flexibility index (Phi) is 4.59. The Bertz CT molecular complexity index is 630. The predicted octanol–water partition coefficient (Wildman–Crippen LogP) is 2.42. The van der Waals surface area contributed by atoms with E-state index in [9.17, 15) is 26.4 Å². The van der Waals surface area contributed by atoms with Crippen LogP contribution in [0, 0.1) is 0 Å². The molecule has 0 saturated heterocycles. The lowest BCUT2D eigenvalue weighted by atomic mass is 10.2. The number of hydrogen-bond donors (Lipinski definition) is 1. The zero-order chi connectivity index (χ0) is 15.6. The molecule has 1 N–H and O–H groups in total. The van der Waals surface area contributed by atoms with Crippen LogP contribution in [0.4, 0.5) is 13.2 Å². The fourth-order valence-corrected chi connectivity index (χ4v) is 2.87. The summed E-state index contributed by atoms with van der Waals surface area (Å²) in [6.45, 7) is 0.762. The molecule has 8 heteroatoms. The SMILES string of the molecule is CC(=O)C(CS(=O)(=O)c1ccccc1)=C(O)C(F)(F)F. The summed E-state index contributed by atoms with van der Waals surface area (Å²) in [6.07, 6.45) is -5.17. The van der Waals surface area contributed by atoms with Crippen molar-refractivity contribution in [1.82, 2.24) is 0 Å². The van der Waals surface area contributed by atoms with Gasteiger partial charge in [0.2, 0.25) is 5.76 Å². The summed E-state index contributed by atoms with van der Waals surface area (Å²) < 4.78 is 61.0. The molecule has 110 valence electrons. The molecule has 0 aliphatic heterocycles. The van der Waals surface area contributed by atoms with E-state index >= 15 is 0 Å². The summed E-state index contributed by atoms with van der Waals surface area (Å²) in [4.78, 5) is 10.9. The quantitative estimate of drug-likeness (QED) is 0.685.